The Balaban J connectivity index is 2.07. The van der Waals surface area contributed by atoms with E-state index in [-0.39, 0.29) is 0 Å². The largest absolute Gasteiger partial charge is 0.0844 e. The van der Waals surface area contributed by atoms with Gasteiger partial charge in [-0.3, -0.25) is 0 Å². The van der Waals surface area contributed by atoms with Gasteiger partial charge in [-0.15, -0.1) is 0 Å². The molecule has 0 saturated carbocycles. The molecule has 112 valence electrons. The molecule has 1 aliphatic rings. The number of hydrogen-bond acceptors (Lipinski definition) is 0. The monoisotopic (exact) mass is 304 g/mol. The molecular weight excluding hydrogens is 280 g/mol. The average Bonchev–Trinajstić information content (AvgIpc) is 2.58. The van der Waals surface area contributed by atoms with Crippen LogP contribution in [0.1, 0.15) is 23.1 Å². The molecule has 0 fully saturated rings. The number of allylic oxidation sites excluding steroid dienone is 4. The summed E-state index contributed by atoms with van der Waals surface area (Å²) < 4.78 is 0. The van der Waals surface area contributed by atoms with E-state index in [1.165, 1.54) is 11.1 Å². The van der Waals surface area contributed by atoms with E-state index in [4.69, 9.17) is 0 Å². The molecule has 22 heavy (non-hydrogen) atoms. The van der Waals surface area contributed by atoms with Crippen molar-refractivity contribution in [3.63, 3.8) is 0 Å². The quantitative estimate of drug-likeness (QED) is 0.483. The van der Waals surface area contributed by atoms with E-state index in [2.05, 4.69) is 98.1 Å². The van der Waals surface area contributed by atoms with Gasteiger partial charge in [0.25, 0.3) is 0 Å². The van der Waals surface area contributed by atoms with Crippen molar-refractivity contribution >= 4 is 8.07 Å². The van der Waals surface area contributed by atoms with Crippen LogP contribution in [0.3, 0.4) is 0 Å². The van der Waals surface area contributed by atoms with Crippen LogP contribution in [-0.2, 0) is 0 Å². The molecule has 1 aliphatic carbocycles. The normalized spacial score (nSPS) is 15.4. The van der Waals surface area contributed by atoms with Crippen molar-refractivity contribution in [2.24, 2.45) is 0 Å². The smallest absolute Gasteiger partial charge is 0.0714 e. The second-order valence-electron chi connectivity index (χ2n) is 6.69. The van der Waals surface area contributed by atoms with Crippen molar-refractivity contribution in [2.75, 3.05) is 0 Å². The van der Waals surface area contributed by atoms with Crippen molar-refractivity contribution in [1.82, 2.24) is 0 Å². The zero-order chi connectivity index (χ0) is 15.4. The first-order chi connectivity index (χ1) is 10.7. The highest BCUT2D eigenvalue weighted by Gasteiger charge is 2.39. The maximum atomic E-state index is 2.53. The minimum atomic E-state index is -1.59. The lowest BCUT2D eigenvalue weighted by molar-refractivity contribution is 1.02. The predicted octanol–water partition coefficient (Wildman–Crippen LogP) is 5.95. The van der Waals surface area contributed by atoms with Gasteiger partial charge in [-0.05, 0) is 23.1 Å². The van der Waals surface area contributed by atoms with Gasteiger partial charge in [0.2, 0.25) is 0 Å². The van der Waals surface area contributed by atoms with E-state index in [1.807, 2.05) is 0 Å². The number of hydrogen-bond donors (Lipinski definition) is 0. The molecule has 3 rings (SSSR count). The van der Waals surface area contributed by atoms with Crippen molar-refractivity contribution < 1.29 is 0 Å². The average molecular weight is 305 g/mol. The summed E-state index contributed by atoms with van der Waals surface area (Å²) in [6, 6.07) is 22.1. The van der Waals surface area contributed by atoms with E-state index in [9.17, 15) is 0 Å². The van der Waals surface area contributed by atoms with Crippen molar-refractivity contribution in [3.8, 4) is 0 Å². The Morgan fingerprint density at radius 3 is 1.68 bits per heavy atom. The first kappa shape index (κ1) is 15.0. The Bertz CT molecular complexity index is 601. The van der Waals surface area contributed by atoms with Gasteiger partial charge in [-0.2, -0.15) is 0 Å². The molecule has 0 nitrogen and oxygen atoms in total. The third-order valence-electron chi connectivity index (χ3n) is 4.83. The molecule has 2 aromatic carbocycles. The molecule has 2 aromatic rings. The Labute approximate surface area is 135 Å². The summed E-state index contributed by atoms with van der Waals surface area (Å²) in [5.41, 5.74) is 4.04. The van der Waals surface area contributed by atoms with Gasteiger partial charge in [-0.25, -0.2) is 0 Å². The van der Waals surface area contributed by atoms with Gasteiger partial charge in [0, 0.05) is 5.54 Å². The van der Waals surface area contributed by atoms with Crippen LogP contribution in [0.5, 0.6) is 0 Å². The lowest BCUT2D eigenvalue weighted by Crippen LogP contribution is -2.40. The minimum Gasteiger partial charge on any atom is -0.0844 e. The lowest BCUT2D eigenvalue weighted by Gasteiger charge is -2.38. The summed E-state index contributed by atoms with van der Waals surface area (Å²) in [5.74, 6) is 0. The van der Waals surface area contributed by atoms with Crippen molar-refractivity contribution in [3.05, 3.63) is 96.1 Å². The standard InChI is InChI=1S/C21H24Si/c1-22(2,20-16-10-5-11-17-20)21(18-12-6-3-7-13-18)19-14-8-4-9-15-19/h3-4,6-17,20-21H,5H2,1-2H3. The molecule has 0 aliphatic heterocycles. The molecule has 0 atom stereocenters. The molecule has 0 spiro atoms. The summed E-state index contributed by atoms with van der Waals surface area (Å²) in [6.07, 6.45) is 10.6. The third kappa shape index (κ3) is 3.00. The highest BCUT2D eigenvalue weighted by molar-refractivity contribution is 6.81. The van der Waals surface area contributed by atoms with E-state index < -0.39 is 8.07 Å². The fourth-order valence-electron chi connectivity index (χ4n) is 3.62. The van der Waals surface area contributed by atoms with Crippen LogP contribution >= 0.6 is 0 Å². The molecule has 0 unspecified atom stereocenters. The second kappa shape index (κ2) is 6.49. The molecule has 0 heterocycles. The molecular formula is C21H24Si. The first-order valence-corrected chi connectivity index (χ1v) is 11.3. The van der Waals surface area contributed by atoms with Crippen LogP contribution in [0.4, 0.5) is 0 Å². The summed E-state index contributed by atoms with van der Waals surface area (Å²) in [5, 5.41) is 0. The van der Waals surface area contributed by atoms with Crippen LogP contribution in [0.2, 0.25) is 18.6 Å². The van der Waals surface area contributed by atoms with Crippen LogP contribution < -0.4 is 0 Å². The lowest BCUT2D eigenvalue weighted by atomic mass is 10.0. The van der Waals surface area contributed by atoms with Gasteiger partial charge in [0.1, 0.15) is 0 Å². The molecule has 1 heteroatoms. The Kier molecular flexibility index (Phi) is 4.44. The number of rotatable bonds is 4. The Hall–Kier alpha value is -1.86. The topological polar surface area (TPSA) is 0 Å². The summed E-state index contributed by atoms with van der Waals surface area (Å²) in [7, 11) is -1.59. The van der Waals surface area contributed by atoms with Crippen LogP contribution in [0.15, 0.2) is 85.0 Å². The van der Waals surface area contributed by atoms with Crippen molar-refractivity contribution in [1.29, 1.82) is 0 Å². The zero-order valence-electron chi connectivity index (χ0n) is 13.4. The molecule has 0 bridgehead atoms. The van der Waals surface area contributed by atoms with Gasteiger partial charge in [-0.1, -0.05) is 98.1 Å². The summed E-state index contributed by atoms with van der Waals surface area (Å²) in [4.78, 5) is 0. The van der Waals surface area contributed by atoms with E-state index in [0.717, 1.165) is 6.42 Å². The Morgan fingerprint density at radius 1 is 0.773 bits per heavy atom. The van der Waals surface area contributed by atoms with Gasteiger partial charge in [0.05, 0.1) is 8.07 Å². The highest BCUT2D eigenvalue weighted by atomic mass is 28.3. The summed E-state index contributed by atoms with van der Waals surface area (Å²) in [6.45, 7) is 5.06. The fraction of sp³-hybridized carbons (Fsp3) is 0.238. The van der Waals surface area contributed by atoms with Crippen LogP contribution in [0, 0.1) is 0 Å². The third-order valence-corrected chi connectivity index (χ3v) is 9.09. The molecule has 0 aromatic heterocycles. The van der Waals surface area contributed by atoms with Gasteiger partial charge in [0.15, 0.2) is 0 Å². The van der Waals surface area contributed by atoms with E-state index in [1.54, 1.807) is 0 Å². The number of benzene rings is 2. The Morgan fingerprint density at radius 2 is 1.23 bits per heavy atom. The van der Waals surface area contributed by atoms with E-state index >= 15 is 0 Å². The first-order valence-electron chi connectivity index (χ1n) is 8.13. The zero-order valence-corrected chi connectivity index (χ0v) is 14.4. The maximum absolute atomic E-state index is 2.53. The molecule has 0 radical (unpaired) electrons. The SMILES string of the molecule is C[Si](C)(C1C=CCC=C1)C(c1ccccc1)c1ccccc1. The summed E-state index contributed by atoms with van der Waals surface area (Å²) >= 11 is 0. The second-order valence-corrected chi connectivity index (χ2v) is 11.6. The maximum Gasteiger partial charge on any atom is 0.0714 e. The molecule has 0 N–H and O–H groups in total. The minimum absolute atomic E-state index is 0.521. The predicted molar refractivity (Wildman–Crippen MR) is 98.9 cm³/mol. The molecule has 0 saturated heterocycles. The highest BCUT2D eigenvalue weighted by Crippen LogP contribution is 2.42. The van der Waals surface area contributed by atoms with Crippen LogP contribution in [0.25, 0.3) is 0 Å². The van der Waals surface area contributed by atoms with Crippen molar-refractivity contribution in [2.45, 2.75) is 30.6 Å². The van der Waals surface area contributed by atoms with E-state index in [0.29, 0.717) is 11.1 Å². The fourth-order valence-corrected chi connectivity index (χ4v) is 7.38. The van der Waals surface area contributed by atoms with Crippen LogP contribution in [-0.4, -0.2) is 8.07 Å². The molecule has 0 amide bonds. The van der Waals surface area contributed by atoms with Gasteiger partial charge >= 0.3 is 0 Å². The van der Waals surface area contributed by atoms with Gasteiger partial charge < -0.3 is 0 Å².